The summed E-state index contributed by atoms with van der Waals surface area (Å²) in [6.45, 7) is 9.35. The zero-order valence-corrected chi connectivity index (χ0v) is 16.0. The van der Waals surface area contributed by atoms with Gasteiger partial charge in [0.25, 0.3) is 5.91 Å². The Morgan fingerprint density at radius 2 is 1.58 bits per heavy atom. The molecule has 140 valence electrons. The average Bonchev–Trinajstić information content (AvgIpc) is 3.05. The number of hydrogen-bond acceptors (Lipinski definition) is 3. The van der Waals surface area contributed by atoms with E-state index in [2.05, 4.69) is 10.6 Å². The van der Waals surface area contributed by atoms with Crippen molar-refractivity contribution in [3.05, 3.63) is 54.4 Å². The molecule has 0 saturated heterocycles. The number of alkyl carbamates (subject to hydrolysis) is 1. The second kappa shape index (κ2) is 7.64. The van der Waals surface area contributed by atoms with E-state index in [4.69, 9.17) is 4.74 Å². The summed E-state index contributed by atoms with van der Waals surface area (Å²) in [5.74, 6) is -0.192. The first-order valence-electron chi connectivity index (χ1n) is 8.58. The van der Waals surface area contributed by atoms with Gasteiger partial charge in [-0.1, -0.05) is 0 Å². The number of hydrogen-bond donors (Lipinski definition) is 2. The van der Waals surface area contributed by atoms with E-state index >= 15 is 0 Å². The van der Waals surface area contributed by atoms with Gasteiger partial charge in [0, 0.05) is 30.2 Å². The van der Waals surface area contributed by atoms with Crippen molar-refractivity contribution < 1.29 is 14.3 Å². The van der Waals surface area contributed by atoms with Gasteiger partial charge in [-0.05, 0) is 71.0 Å². The SMILES string of the molecule is CC(C)(CNC(=O)c1ccc(-n2cccc2)cc1)NC(=O)OC(C)(C)C. The van der Waals surface area contributed by atoms with Crippen LogP contribution in [0.2, 0.25) is 0 Å². The molecule has 0 aliphatic rings. The van der Waals surface area contributed by atoms with Gasteiger partial charge in [-0.25, -0.2) is 4.79 Å². The Morgan fingerprint density at radius 1 is 1.00 bits per heavy atom. The normalized spacial score (nSPS) is 11.7. The highest BCUT2D eigenvalue weighted by molar-refractivity contribution is 5.94. The minimum absolute atomic E-state index is 0.192. The maximum atomic E-state index is 12.3. The summed E-state index contributed by atoms with van der Waals surface area (Å²) in [5, 5.41) is 5.61. The van der Waals surface area contributed by atoms with Crippen LogP contribution in [0.5, 0.6) is 0 Å². The van der Waals surface area contributed by atoms with Crippen molar-refractivity contribution in [3.8, 4) is 5.69 Å². The van der Waals surface area contributed by atoms with E-state index in [0.29, 0.717) is 5.56 Å². The molecule has 26 heavy (non-hydrogen) atoms. The van der Waals surface area contributed by atoms with Gasteiger partial charge in [0.05, 0.1) is 5.54 Å². The Hall–Kier alpha value is -2.76. The number of amides is 2. The molecule has 0 aliphatic carbocycles. The first-order valence-corrected chi connectivity index (χ1v) is 8.58. The zero-order chi connectivity index (χ0) is 19.4. The summed E-state index contributed by atoms with van der Waals surface area (Å²) in [6, 6.07) is 11.2. The Morgan fingerprint density at radius 3 is 2.12 bits per heavy atom. The fraction of sp³-hybridized carbons (Fsp3) is 0.400. The minimum atomic E-state index is -0.636. The fourth-order valence-electron chi connectivity index (χ4n) is 2.32. The van der Waals surface area contributed by atoms with E-state index < -0.39 is 17.2 Å². The smallest absolute Gasteiger partial charge is 0.408 e. The lowest BCUT2D eigenvalue weighted by Gasteiger charge is -2.28. The summed E-state index contributed by atoms with van der Waals surface area (Å²) >= 11 is 0. The van der Waals surface area contributed by atoms with E-state index in [1.165, 1.54) is 0 Å². The van der Waals surface area contributed by atoms with Crippen molar-refractivity contribution in [1.82, 2.24) is 15.2 Å². The van der Waals surface area contributed by atoms with Gasteiger partial charge in [0.1, 0.15) is 5.60 Å². The lowest BCUT2D eigenvalue weighted by molar-refractivity contribution is 0.0469. The Kier molecular flexibility index (Phi) is 5.75. The molecule has 6 heteroatoms. The molecule has 1 aromatic carbocycles. The molecule has 2 N–H and O–H groups in total. The number of ether oxygens (including phenoxy) is 1. The molecule has 0 spiro atoms. The van der Waals surface area contributed by atoms with Crippen molar-refractivity contribution in [2.45, 2.75) is 45.8 Å². The second-order valence-electron chi connectivity index (χ2n) is 7.83. The van der Waals surface area contributed by atoms with Gasteiger partial charge in [-0.3, -0.25) is 4.79 Å². The number of benzene rings is 1. The van der Waals surface area contributed by atoms with E-state index in [0.717, 1.165) is 5.69 Å². The number of nitrogens with zero attached hydrogens (tertiary/aromatic N) is 1. The maximum absolute atomic E-state index is 12.3. The van der Waals surface area contributed by atoms with Crippen molar-refractivity contribution in [3.63, 3.8) is 0 Å². The highest BCUT2D eigenvalue weighted by atomic mass is 16.6. The van der Waals surface area contributed by atoms with Gasteiger partial charge in [0.15, 0.2) is 0 Å². The van der Waals surface area contributed by atoms with Crippen LogP contribution in [0.4, 0.5) is 4.79 Å². The van der Waals surface area contributed by atoms with E-state index in [1.54, 1.807) is 32.9 Å². The standard InChI is InChI=1S/C20H27N3O3/c1-19(2,3)26-18(25)22-20(4,5)14-21-17(24)15-8-10-16(11-9-15)23-12-6-7-13-23/h6-13H,14H2,1-5H3,(H,21,24)(H,22,25). The van der Waals surface area contributed by atoms with Crippen LogP contribution in [0.15, 0.2) is 48.8 Å². The van der Waals surface area contributed by atoms with Crippen LogP contribution in [-0.2, 0) is 4.74 Å². The summed E-state index contributed by atoms with van der Waals surface area (Å²) in [5.41, 5.74) is 0.348. The average molecular weight is 357 g/mol. The van der Waals surface area contributed by atoms with Crippen molar-refractivity contribution in [2.75, 3.05) is 6.54 Å². The van der Waals surface area contributed by atoms with E-state index in [9.17, 15) is 9.59 Å². The van der Waals surface area contributed by atoms with Crippen molar-refractivity contribution >= 4 is 12.0 Å². The molecule has 0 aliphatic heterocycles. The predicted octanol–water partition coefficient (Wildman–Crippen LogP) is 3.51. The van der Waals surface area contributed by atoms with Gasteiger partial charge in [0.2, 0.25) is 0 Å². The van der Waals surface area contributed by atoms with Crippen LogP contribution in [-0.4, -0.2) is 34.3 Å². The van der Waals surface area contributed by atoms with Crippen molar-refractivity contribution in [2.24, 2.45) is 0 Å². The highest BCUT2D eigenvalue weighted by Gasteiger charge is 2.25. The molecule has 0 fully saturated rings. The summed E-state index contributed by atoms with van der Waals surface area (Å²) in [4.78, 5) is 24.2. The molecule has 0 unspecified atom stereocenters. The molecule has 0 saturated carbocycles. The number of nitrogens with one attached hydrogen (secondary N) is 2. The topological polar surface area (TPSA) is 72.4 Å². The number of carbonyl (C=O) groups is 2. The molecule has 2 rings (SSSR count). The van der Waals surface area contributed by atoms with Crippen LogP contribution >= 0.6 is 0 Å². The molecular weight excluding hydrogens is 330 g/mol. The third-order valence-corrected chi connectivity index (χ3v) is 3.56. The lowest BCUT2D eigenvalue weighted by atomic mass is 10.1. The Balaban J connectivity index is 1.90. The quantitative estimate of drug-likeness (QED) is 0.860. The molecule has 0 atom stereocenters. The Bertz CT molecular complexity index is 742. The maximum Gasteiger partial charge on any atom is 0.408 e. The molecule has 1 heterocycles. The number of rotatable bonds is 5. The monoisotopic (exact) mass is 357 g/mol. The van der Waals surface area contributed by atoms with Gasteiger partial charge >= 0.3 is 6.09 Å². The van der Waals surface area contributed by atoms with Crippen LogP contribution in [0.3, 0.4) is 0 Å². The Labute approximate surface area is 154 Å². The molecule has 6 nitrogen and oxygen atoms in total. The molecule has 2 amide bonds. The zero-order valence-electron chi connectivity index (χ0n) is 16.0. The minimum Gasteiger partial charge on any atom is -0.444 e. The molecule has 1 aromatic heterocycles. The highest BCUT2D eigenvalue weighted by Crippen LogP contribution is 2.11. The summed E-state index contributed by atoms with van der Waals surface area (Å²) in [7, 11) is 0. The van der Waals surface area contributed by atoms with Gasteiger partial charge in [-0.15, -0.1) is 0 Å². The largest absolute Gasteiger partial charge is 0.444 e. The first-order chi connectivity index (χ1) is 12.1. The van der Waals surface area contributed by atoms with E-state index in [-0.39, 0.29) is 12.5 Å². The lowest BCUT2D eigenvalue weighted by Crippen LogP contribution is -2.52. The first kappa shape index (κ1) is 19.6. The van der Waals surface area contributed by atoms with Gasteiger partial charge < -0.3 is 19.9 Å². The second-order valence-corrected chi connectivity index (χ2v) is 7.83. The van der Waals surface area contributed by atoms with Gasteiger partial charge in [-0.2, -0.15) is 0 Å². The number of aromatic nitrogens is 1. The van der Waals surface area contributed by atoms with Crippen LogP contribution < -0.4 is 10.6 Å². The molecule has 2 aromatic rings. The summed E-state index contributed by atoms with van der Waals surface area (Å²) in [6.07, 6.45) is 3.38. The summed E-state index contributed by atoms with van der Waals surface area (Å²) < 4.78 is 7.22. The van der Waals surface area contributed by atoms with Crippen molar-refractivity contribution in [1.29, 1.82) is 0 Å². The predicted molar refractivity (Wildman–Crippen MR) is 102 cm³/mol. The molecule has 0 bridgehead atoms. The number of carbonyl (C=O) groups excluding carboxylic acids is 2. The third-order valence-electron chi connectivity index (χ3n) is 3.56. The molecular formula is C20H27N3O3. The van der Waals surface area contributed by atoms with Crippen LogP contribution in [0.25, 0.3) is 5.69 Å². The fourth-order valence-corrected chi connectivity index (χ4v) is 2.32. The third kappa shape index (κ3) is 5.95. The molecule has 0 radical (unpaired) electrons. The van der Waals surface area contributed by atoms with E-state index in [1.807, 2.05) is 55.1 Å². The van der Waals surface area contributed by atoms with Crippen LogP contribution in [0.1, 0.15) is 45.0 Å². The van der Waals surface area contributed by atoms with Crippen LogP contribution in [0, 0.1) is 0 Å².